The van der Waals surface area contributed by atoms with E-state index in [0.29, 0.717) is 9.52 Å². The van der Waals surface area contributed by atoms with Crippen LogP contribution in [0.25, 0.3) is 43.8 Å². The van der Waals surface area contributed by atoms with Gasteiger partial charge < -0.3 is 0 Å². The first-order chi connectivity index (χ1) is 33.7. The Bertz CT molecular complexity index is 2190. The summed E-state index contributed by atoms with van der Waals surface area (Å²) in [5.41, 5.74) is 11.8. The van der Waals surface area contributed by atoms with Crippen molar-refractivity contribution in [1.82, 2.24) is 0 Å². The molecule has 6 aromatic rings. The average molecular weight is 1070 g/mol. The average Bonchev–Trinajstić information content (AvgIpc) is 3.76. The van der Waals surface area contributed by atoms with Gasteiger partial charge in [-0.1, -0.05) is 200 Å². The molecule has 4 saturated carbocycles. The summed E-state index contributed by atoms with van der Waals surface area (Å²) in [7, 11) is 10.3. The number of fused-ring (bicyclic) bond motifs is 2. The van der Waals surface area contributed by atoms with Crippen molar-refractivity contribution in [3.05, 3.63) is 131 Å². The van der Waals surface area contributed by atoms with E-state index < -0.39 is 33.4 Å². The molecule has 0 aliphatic heterocycles. The summed E-state index contributed by atoms with van der Waals surface area (Å²) in [5.74, 6) is 3.37. The fourth-order valence-electron chi connectivity index (χ4n) is 12.1. The van der Waals surface area contributed by atoms with Gasteiger partial charge in [0.25, 0.3) is 0 Å². The molecule has 0 aromatic heterocycles. The minimum Gasteiger partial charge on any atom is -0.164 e. The van der Waals surface area contributed by atoms with E-state index in [0.717, 1.165) is 23.7 Å². The fourth-order valence-corrected chi connectivity index (χ4v) is 12.7. The molecule has 0 unspecified atom stereocenters. The summed E-state index contributed by atoms with van der Waals surface area (Å²) in [6.07, 6.45) is 29.2. The van der Waals surface area contributed by atoms with Crippen molar-refractivity contribution < 1.29 is 34.0 Å². The molecule has 6 aromatic carbocycles. The molecule has 0 spiro atoms. The maximum Gasteiger partial charge on any atom is -0.0162 e. The molecular weight excluding hydrogens is 992 g/mol. The van der Waals surface area contributed by atoms with Gasteiger partial charge >= 0.3 is 44.1 Å². The summed E-state index contributed by atoms with van der Waals surface area (Å²) in [6.45, 7) is 1.77. The quantitative estimate of drug-likeness (QED) is 0.0729. The first-order valence-electron chi connectivity index (χ1n) is 27.0. The Morgan fingerprint density at radius 2 is 0.855 bits per heavy atom. The molecule has 0 saturated heterocycles. The Hall–Kier alpha value is -2.43. The molecule has 2 radical (unpaired) electrons. The SMILES string of the molecule is C[Si]CCC(F)(F)F.[Cl][Zr+2][Cl].c1cc(-c2ccc(C3CCCCC3)cc2)c2cc(CC3CCCCCC3)[cH-]c2c1.c1cc(-c2ccc(C3CCCCC3)cc2)c2cc(CC3CCCCCC3)[cH-]c2c1. The smallest absolute Gasteiger partial charge is 0.0162 e. The van der Waals surface area contributed by atoms with Gasteiger partial charge in [0.05, 0.1) is 0 Å². The number of hydrogen-bond donors (Lipinski definition) is 0. The molecule has 0 bridgehead atoms. The van der Waals surface area contributed by atoms with Crippen LogP contribution in [0, 0.1) is 11.8 Å². The first kappa shape index (κ1) is 54.3. The molecule has 4 aliphatic carbocycles. The Balaban J connectivity index is 0.000000168. The van der Waals surface area contributed by atoms with Gasteiger partial charge in [-0.3, -0.25) is 0 Å². The summed E-state index contributed by atoms with van der Waals surface area (Å²) >= 11 is -0.826. The minimum absolute atomic E-state index is 0.281. The van der Waals surface area contributed by atoms with Crippen molar-refractivity contribution in [3.63, 3.8) is 0 Å². The molecule has 4 fully saturated rings. The van der Waals surface area contributed by atoms with Crippen molar-refractivity contribution in [2.75, 3.05) is 0 Å². The van der Waals surface area contributed by atoms with E-state index in [-0.39, 0.29) is 6.04 Å². The molecule has 69 heavy (non-hydrogen) atoms. The van der Waals surface area contributed by atoms with Crippen LogP contribution in [0.3, 0.4) is 0 Å². The second kappa shape index (κ2) is 28.7. The standard InChI is InChI=1S/2C29H35.C4H7F3Si.2ClH.Zr/c2*1-2-5-10-22(9-4-1)19-23-20-27-13-8-14-28(29(27)21-23)26-17-15-25(16-18-26)24-11-6-3-7-12-24;1-8-3-2-4(5,6)7;;;/h2*8,13-18,20-22,24H,1-7,9-12,19H2;2-3H2,1H3;2*1H;/q2*-1;;;;+4/p-2. The molecule has 0 nitrogen and oxygen atoms in total. The minimum atomic E-state index is -3.94. The molecule has 0 heterocycles. The van der Waals surface area contributed by atoms with Crippen LogP contribution in [-0.4, -0.2) is 15.7 Å². The molecule has 7 heteroatoms. The Kier molecular flexibility index (Phi) is 22.6. The molecular formula is C62H77Cl2F3SiZr. The van der Waals surface area contributed by atoms with Crippen molar-refractivity contribution in [3.8, 4) is 22.3 Å². The number of halogens is 5. The van der Waals surface area contributed by atoms with E-state index in [1.165, 1.54) is 198 Å². The van der Waals surface area contributed by atoms with Crippen LogP contribution >= 0.6 is 17.0 Å². The Labute approximate surface area is 435 Å². The van der Waals surface area contributed by atoms with Crippen LogP contribution in [0.5, 0.6) is 0 Å². The van der Waals surface area contributed by atoms with Gasteiger partial charge in [-0.2, -0.15) is 25.3 Å². The normalized spacial score (nSPS) is 17.9. The molecule has 368 valence electrons. The van der Waals surface area contributed by atoms with Gasteiger partial charge in [0.1, 0.15) is 0 Å². The van der Waals surface area contributed by atoms with E-state index in [1.54, 1.807) is 28.8 Å². The van der Waals surface area contributed by atoms with Gasteiger partial charge in [-0.15, -0.1) is 69.1 Å². The summed E-state index contributed by atoms with van der Waals surface area (Å²) in [6, 6.07) is 43.0. The third kappa shape index (κ3) is 17.1. The molecule has 0 amide bonds. The summed E-state index contributed by atoms with van der Waals surface area (Å²) in [5, 5.41) is 5.73. The van der Waals surface area contributed by atoms with Crippen LogP contribution in [0.2, 0.25) is 12.6 Å². The van der Waals surface area contributed by atoms with Crippen LogP contribution in [0.1, 0.15) is 182 Å². The van der Waals surface area contributed by atoms with E-state index in [2.05, 4.69) is 109 Å². The zero-order valence-electron chi connectivity index (χ0n) is 41.5. The van der Waals surface area contributed by atoms with Gasteiger partial charge in [-0.05, 0) is 84.5 Å². The van der Waals surface area contributed by atoms with Gasteiger partial charge in [0.15, 0.2) is 0 Å². The summed E-state index contributed by atoms with van der Waals surface area (Å²) < 4.78 is 33.7. The largest absolute Gasteiger partial charge is 0.164 e. The number of alkyl halides is 3. The van der Waals surface area contributed by atoms with Crippen LogP contribution < -0.4 is 0 Å². The van der Waals surface area contributed by atoms with Crippen molar-refractivity contribution >= 4 is 48.1 Å². The predicted octanol–water partition coefficient (Wildman–Crippen LogP) is 21.1. The zero-order valence-corrected chi connectivity index (χ0v) is 46.4. The number of rotatable bonds is 10. The third-order valence-corrected chi connectivity index (χ3v) is 16.6. The number of hydrogen-bond acceptors (Lipinski definition) is 0. The summed E-state index contributed by atoms with van der Waals surface area (Å²) in [4.78, 5) is 0. The maximum absolute atomic E-state index is 11.2. The van der Waals surface area contributed by atoms with E-state index in [9.17, 15) is 13.2 Å². The predicted molar refractivity (Wildman–Crippen MR) is 290 cm³/mol. The molecule has 0 atom stereocenters. The van der Waals surface area contributed by atoms with E-state index in [1.807, 2.05) is 0 Å². The van der Waals surface area contributed by atoms with Crippen molar-refractivity contribution in [1.29, 1.82) is 0 Å². The maximum atomic E-state index is 11.2. The topological polar surface area (TPSA) is 0 Å². The second-order valence-electron chi connectivity index (χ2n) is 20.9. The van der Waals surface area contributed by atoms with Gasteiger partial charge in [0, 0.05) is 15.9 Å². The monoisotopic (exact) mass is 1070 g/mol. The van der Waals surface area contributed by atoms with E-state index in [4.69, 9.17) is 17.0 Å². The first-order valence-corrected chi connectivity index (χ1v) is 35.0. The Morgan fingerprint density at radius 3 is 1.19 bits per heavy atom. The van der Waals surface area contributed by atoms with E-state index >= 15 is 0 Å². The van der Waals surface area contributed by atoms with Crippen LogP contribution in [0.4, 0.5) is 13.2 Å². The zero-order chi connectivity index (χ0) is 48.3. The third-order valence-electron chi connectivity index (χ3n) is 15.9. The van der Waals surface area contributed by atoms with Crippen LogP contribution in [-0.2, 0) is 33.7 Å². The van der Waals surface area contributed by atoms with Crippen molar-refractivity contribution in [2.45, 2.75) is 191 Å². The second-order valence-corrected chi connectivity index (χ2v) is 25.9. The fraction of sp³-hybridized carbons (Fsp3) is 0.516. The number of benzene rings is 4. The Morgan fingerprint density at radius 1 is 0.507 bits per heavy atom. The molecule has 4 aliphatic rings. The molecule has 0 N–H and O–H groups in total. The van der Waals surface area contributed by atoms with Crippen LogP contribution in [0.15, 0.2) is 109 Å². The van der Waals surface area contributed by atoms with Crippen molar-refractivity contribution in [2.24, 2.45) is 11.8 Å². The van der Waals surface area contributed by atoms with Gasteiger partial charge in [0.2, 0.25) is 0 Å². The van der Waals surface area contributed by atoms with Gasteiger partial charge in [-0.25, -0.2) is 0 Å². The molecule has 10 rings (SSSR count).